The molecule has 172 valence electrons. The lowest BCUT2D eigenvalue weighted by molar-refractivity contribution is 0.0596. The van der Waals surface area contributed by atoms with Gasteiger partial charge in [-0.1, -0.05) is 18.2 Å². The third-order valence-electron chi connectivity index (χ3n) is 4.00. The summed E-state index contributed by atoms with van der Waals surface area (Å²) in [6.45, 7) is 0. The SMILES string of the molecule is COC(=O)c1ccccc1S(=O)(=O)NC(=O)Nc1nc(CSc2ccccn2)cc(OC)n1. The molecule has 2 N–H and O–H groups in total. The van der Waals surface area contributed by atoms with E-state index in [2.05, 4.69) is 25.0 Å². The Bertz CT molecular complexity index is 1250. The number of urea groups is 1. The average molecular weight is 490 g/mol. The molecule has 2 heterocycles. The molecule has 0 aliphatic rings. The number of aromatic nitrogens is 3. The van der Waals surface area contributed by atoms with E-state index in [0.717, 1.165) is 12.1 Å². The van der Waals surface area contributed by atoms with Gasteiger partial charge in [0.1, 0.15) is 4.90 Å². The minimum absolute atomic E-state index is 0.167. The maximum Gasteiger partial charge on any atom is 0.339 e. The number of ether oxygens (including phenoxy) is 2. The maximum absolute atomic E-state index is 12.7. The van der Waals surface area contributed by atoms with Crippen LogP contribution in [0.3, 0.4) is 0 Å². The second-order valence-electron chi connectivity index (χ2n) is 6.23. The van der Waals surface area contributed by atoms with Crippen molar-refractivity contribution < 1.29 is 27.5 Å². The molecular formula is C20H19N5O6S2. The first-order chi connectivity index (χ1) is 15.8. The van der Waals surface area contributed by atoms with Crippen molar-refractivity contribution in [2.24, 2.45) is 0 Å². The Morgan fingerprint density at radius 1 is 1.06 bits per heavy atom. The molecule has 0 unspecified atom stereocenters. The third kappa shape index (κ3) is 6.40. The molecule has 2 amide bonds. The largest absolute Gasteiger partial charge is 0.481 e. The van der Waals surface area contributed by atoms with Gasteiger partial charge >= 0.3 is 12.0 Å². The first-order valence-corrected chi connectivity index (χ1v) is 11.8. The molecule has 0 saturated heterocycles. The fraction of sp³-hybridized carbons (Fsp3) is 0.150. The van der Waals surface area contributed by atoms with E-state index in [1.807, 2.05) is 16.9 Å². The smallest absolute Gasteiger partial charge is 0.339 e. The summed E-state index contributed by atoms with van der Waals surface area (Å²) in [5.74, 6) is -0.449. The van der Waals surface area contributed by atoms with E-state index in [1.165, 1.54) is 43.1 Å². The van der Waals surface area contributed by atoms with Crippen LogP contribution in [-0.4, -0.2) is 49.6 Å². The summed E-state index contributed by atoms with van der Waals surface area (Å²) >= 11 is 1.41. The van der Waals surface area contributed by atoms with Crippen LogP contribution in [0.25, 0.3) is 0 Å². The zero-order chi connectivity index (χ0) is 23.8. The number of hydrogen-bond acceptors (Lipinski definition) is 10. The van der Waals surface area contributed by atoms with E-state index in [-0.39, 0.29) is 17.4 Å². The number of nitrogens with one attached hydrogen (secondary N) is 2. The molecule has 0 radical (unpaired) electrons. The van der Waals surface area contributed by atoms with Crippen molar-refractivity contribution in [3.05, 3.63) is 66.0 Å². The Hall–Kier alpha value is -3.71. The average Bonchev–Trinajstić information content (AvgIpc) is 2.82. The van der Waals surface area contributed by atoms with Crippen LogP contribution in [0.4, 0.5) is 10.7 Å². The predicted molar refractivity (Wildman–Crippen MR) is 120 cm³/mol. The normalized spacial score (nSPS) is 10.8. The Balaban J connectivity index is 1.75. The van der Waals surface area contributed by atoms with Crippen molar-refractivity contribution in [1.29, 1.82) is 0 Å². The van der Waals surface area contributed by atoms with E-state index >= 15 is 0 Å². The number of esters is 1. The molecule has 0 fully saturated rings. The molecule has 0 bridgehead atoms. The third-order valence-corrected chi connectivity index (χ3v) is 6.37. The van der Waals surface area contributed by atoms with Crippen LogP contribution in [-0.2, 0) is 20.5 Å². The van der Waals surface area contributed by atoms with Crippen LogP contribution in [0.5, 0.6) is 5.88 Å². The van der Waals surface area contributed by atoms with Gasteiger partial charge in [-0.25, -0.2) is 32.7 Å². The fourth-order valence-electron chi connectivity index (χ4n) is 2.57. The molecule has 0 aliphatic carbocycles. The van der Waals surface area contributed by atoms with Gasteiger partial charge in [-0.05, 0) is 24.3 Å². The fourth-order valence-corrected chi connectivity index (χ4v) is 4.43. The summed E-state index contributed by atoms with van der Waals surface area (Å²) in [6.07, 6.45) is 1.67. The van der Waals surface area contributed by atoms with Crippen LogP contribution in [0.2, 0.25) is 0 Å². The number of rotatable bonds is 8. The van der Waals surface area contributed by atoms with Gasteiger partial charge in [0.2, 0.25) is 11.8 Å². The van der Waals surface area contributed by atoms with E-state index in [4.69, 9.17) is 4.74 Å². The van der Waals surface area contributed by atoms with Crippen molar-refractivity contribution in [2.45, 2.75) is 15.7 Å². The van der Waals surface area contributed by atoms with Crippen LogP contribution in [0.15, 0.2) is 64.6 Å². The number of methoxy groups -OCH3 is 2. The molecule has 3 rings (SSSR count). The number of pyridine rings is 1. The van der Waals surface area contributed by atoms with Crippen molar-refractivity contribution in [1.82, 2.24) is 19.7 Å². The number of nitrogens with zero attached hydrogens (tertiary/aromatic N) is 3. The molecule has 0 atom stereocenters. The summed E-state index contributed by atoms with van der Waals surface area (Å²) in [5, 5.41) is 3.05. The number of anilines is 1. The van der Waals surface area contributed by atoms with Gasteiger partial charge in [0, 0.05) is 18.0 Å². The highest BCUT2D eigenvalue weighted by molar-refractivity contribution is 7.98. The molecule has 11 nitrogen and oxygen atoms in total. The monoisotopic (exact) mass is 489 g/mol. The van der Waals surface area contributed by atoms with Crippen molar-refractivity contribution in [3.63, 3.8) is 0 Å². The van der Waals surface area contributed by atoms with E-state index in [9.17, 15) is 18.0 Å². The summed E-state index contributed by atoms with van der Waals surface area (Å²) in [5.41, 5.74) is 0.304. The van der Waals surface area contributed by atoms with Gasteiger partial charge < -0.3 is 9.47 Å². The lowest BCUT2D eigenvalue weighted by Gasteiger charge is -2.11. The van der Waals surface area contributed by atoms with Gasteiger partial charge in [-0.2, -0.15) is 4.98 Å². The van der Waals surface area contributed by atoms with Crippen molar-refractivity contribution >= 4 is 39.7 Å². The minimum Gasteiger partial charge on any atom is -0.481 e. The van der Waals surface area contributed by atoms with E-state index in [1.54, 1.807) is 18.3 Å². The van der Waals surface area contributed by atoms with Crippen LogP contribution in [0, 0.1) is 0 Å². The number of carbonyl (C=O) groups excluding carboxylic acids is 2. The number of sulfonamides is 1. The first kappa shape index (κ1) is 23.9. The summed E-state index contributed by atoms with van der Waals surface area (Å²) in [6, 6.07) is 11.3. The number of hydrogen-bond donors (Lipinski definition) is 2. The molecular weight excluding hydrogens is 470 g/mol. The van der Waals surface area contributed by atoms with Crippen LogP contribution in [0.1, 0.15) is 16.1 Å². The maximum atomic E-state index is 12.7. The summed E-state index contributed by atoms with van der Waals surface area (Å²) < 4.78 is 36.9. The van der Waals surface area contributed by atoms with Gasteiger partial charge in [-0.15, -0.1) is 11.8 Å². The molecule has 0 aliphatic heterocycles. The van der Waals surface area contributed by atoms with Gasteiger partial charge in [0.15, 0.2) is 0 Å². The number of benzene rings is 1. The Labute approximate surface area is 194 Å². The van der Waals surface area contributed by atoms with Crippen molar-refractivity contribution in [3.8, 4) is 5.88 Å². The van der Waals surface area contributed by atoms with Gasteiger partial charge in [0.25, 0.3) is 10.0 Å². The molecule has 2 aromatic heterocycles. The highest BCUT2D eigenvalue weighted by Gasteiger charge is 2.25. The topological polar surface area (TPSA) is 149 Å². The Morgan fingerprint density at radius 3 is 2.52 bits per heavy atom. The molecule has 0 spiro atoms. The highest BCUT2D eigenvalue weighted by Crippen LogP contribution is 2.22. The molecule has 0 saturated carbocycles. The zero-order valence-corrected chi connectivity index (χ0v) is 19.1. The second-order valence-corrected chi connectivity index (χ2v) is 8.88. The van der Waals surface area contributed by atoms with Gasteiger partial charge in [-0.3, -0.25) is 5.32 Å². The lowest BCUT2D eigenvalue weighted by atomic mass is 10.2. The highest BCUT2D eigenvalue weighted by atomic mass is 32.2. The summed E-state index contributed by atoms with van der Waals surface area (Å²) in [7, 11) is -1.88. The predicted octanol–water partition coefficient (Wildman–Crippen LogP) is 2.47. The molecule has 13 heteroatoms. The quantitative estimate of drug-likeness (QED) is 0.357. The molecule has 1 aromatic carbocycles. The minimum atomic E-state index is -4.40. The Morgan fingerprint density at radius 2 is 1.82 bits per heavy atom. The molecule has 33 heavy (non-hydrogen) atoms. The van der Waals surface area contributed by atoms with E-state index < -0.39 is 26.9 Å². The zero-order valence-electron chi connectivity index (χ0n) is 17.5. The number of carbonyl (C=O) groups is 2. The lowest BCUT2D eigenvalue weighted by Crippen LogP contribution is -2.35. The van der Waals surface area contributed by atoms with E-state index in [0.29, 0.717) is 11.4 Å². The van der Waals surface area contributed by atoms with Crippen LogP contribution < -0.4 is 14.8 Å². The van der Waals surface area contributed by atoms with Crippen LogP contribution >= 0.6 is 11.8 Å². The number of thioether (sulfide) groups is 1. The summed E-state index contributed by atoms with van der Waals surface area (Å²) in [4.78, 5) is 36.3. The first-order valence-electron chi connectivity index (χ1n) is 9.29. The second kappa shape index (κ2) is 10.7. The Kier molecular flexibility index (Phi) is 7.79. The van der Waals surface area contributed by atoms with Crippen molar-refractivity contribution in [2.75, 3.05) is 19.5 Å². The number of amides is 2. The molecule has 3 aromatic rings. The van der Waals surface area contributed by atoms with Gasteiger partial charge in [0.05, 0.1) is 30.5 Å². The standard InChI is InChI=1S/C20H19N5O6S2/c1-30-16-11-13(12-32-17-9-5-6-10-21-17)22-19(23-16)24-20(27)25-33(28,29)15-8-4-3-7-14(15)18(26)31-2/h3-11H,12H2,1-2H3,(H2,22,23,24,25,27).